The highest BCUT2D eigenvalue weighted by molar-refractivity contribution is 5.80. The van der Waals surface area contributed by atoms with Crippen LogP contribution in [0.15, 0.2) is 30.3 Å². The molecule has 2 saturated carbocycles. The first kappa shape index (κ1) is 13.6. The van der Waals surface area contributed by atoms with Crippen molar-refractivity contribution in [1.29, 1.82) is 0 Å². The molecular weight excluding hydrogens is 248 g/mol. The van der Waals surface area contributed by atoms with E-state index in [-0.39, 0.29) is 23.9 Å². The van der Waals surface area contributed by atoms with Crippen molar-refractivity contribution in [3.8, 4) is 0 Å². The van der Waals surface area contributed by atoms with Gasteiger partial charge in [0.2, 0.25) is 5.91 Å². The van der Waals surface area contributed by atoms with Gasteiger partial charge in [0, 0.05) is 6.04 Å². The molecule has 0 aliphatic heterocycles. The Labute approximate surface area is 120 Å². The van der Waals surface area contributed by atoms with Crippen molar-refractivity contribution in [2.75, 3.05) is 0 Å². The fourth-order valence-corrected chi connectivity index (χ4v) is 4.10. The maximum absolute atomic E-state index is 12.6. The van der Waals surface area contributed by atoms with Gasteiger partial charge in [-0.25, -0.2) is 0 Å². The molecule has 3 N–H and O–H groups in total. The maximum atomic E-state index is 12.6. The Morgan fingerprint density at radius 3 is 2.60 bits per heavy atom. The molecule has 2 fully saturated rings. The molecule has 0 aromatic heterocycles. The quantitative estimate of drug-likeness (QED) is 0.885. The summed E-state index contributed by atoms with van der Waals surface area (Å²) in [5.74, 6) is 1.29. The molecule has 20 heavy (non-hydrogen) atoms. The van der Waals surface area contributed by atoms with E-state index < -0.39 is 0 Å². The Morgan fingerprint density at radius 1 is 1.30 bits per heavy atom. The first-order valence-electron chi connectivity index (χ1n) is 7.81. The summed E-state index contributed by atoms with van der Waals surface area (Å²) in [6.07, 6.45) is 4.46. The van der Waals surface area contributed by atoms with E-state index in [9.17, 15) is 4.79 Å². The fraction of sp³-hybridized carbons (Fsp3) is 0.588. The lowest BCUT2D eigenvalue weighted by atomic mass is 9.84. The highest BCUT2D eigenvalue weighted by Gasteiger charge is 2.49. The van der Waals surface area contributed by atoms with Crippen LogP contribution in [0.5, 0.6) is 0 Å². The zero-order valence-corrected chi connectivity index (χ0v) is 12.1. The number of amides is 1. The Kier molecular flexibility index (Phi) is 3.79. The summed E-state index contributed by atoms with van der Waals surface area (Å²) in [6, 6.07) is 10.4. The minimum absolute atomic E-state index is 0.0338. The third-order valence-electron chi connectivity index (χ3n) is 5.21. The summed E-state index contributed by atoms with van der Waals surface area (Å²) in [6.45, 7) is 2.11. The Balaban J connectivity index is 1.69. The van der Waals surface area contributed by atoms with E-state index >= 15 is 0 Å². The maximum Gasteiger partial charge on any atom is 0.225 e. The van der Waals surface area contributed by atoms with E-state index in [0.717, 1.165) is 12.8 Å². The Hall–Kier alpha value is -1.35. The van der Waals surface area contributed by atoms with Gasteiger partial charge in [-0.3, -0.25) is 4.79 Å². The van der Waals surface area contributed by atoms with E-state index in [4.69, 9.17) is 5.73 Å². The van der Waals surface area contributed by atoms with Crippen molar-refractivity contribution in [3.63, 3.8) is 0 Å². The Bertz CT molecular complexity index is 471. The number of hydrogen-bond donors (Lipinski definition) is 2. The van der Waals surface area contributed by atoms with Crippen LogP contribution in [0.1, 0.15) is 44.2 Å². The van der Waals surface area contributed by atoms with Crippen molar-refractivity contribution >= 4 is 5.91 Å². The topological polar surface area (TPSA) is 55.1 Å². The van der Waals surface area contributed by atoms with E-state index in [1.807, 2.05) is 18.2 Å². The SMILES string of the molecule is CCC(NC(=O)C1C2CCC(C2)C1N)c1ccccc1. The van der Waals surface area contributed by atoms with Crippen molar-refractivity contribution in [3.05, 3.63) is 35.9 Å². The van der Waals surface area contributed by atoms with Gasteiger partial charge in [-0.1, -0.05) is 37.3 Å². The van der Waals surface area contributed by atoms with Gasteiger partial charge in [-0.15, -0.1) is 0 Å². The summed E-state index contributed by atoms with van der Waals surface area (Å²) in [4.78, 5) is 12.6. The molecule has 1 amide bonds. The zero-order valence-electron chi connectivity index (χ0n) is 12.1. The minimum atomic E-state index is 0.0338. The van der Waals surface area contributed by atoms with Gasteiger partial charge in [0.15, 0.2) is 0 Å². The number of benzene rings is 1. The molecule has 0 heterocycles. The zero-order chi connectivity index (χ0) is 14.1. The predicted octanol–water partition coefficient (Wildman–Crippen LogP) is 2.63. The summed E-state index contributed by atoms with van der Waals surface area (Å²) in [5, 5.41) is 3.22. The van der Waals surface area contributed by atoms with Crippen LogP contribution in [0, 0.1) is 17.8 Å². The third kappa shape index (κ3) is 2.35. The first-order chi connectivity index (χ1) is 9.70. The van der Waals surface area contributed by atoms with Crippen LogP contribution < -0.4 is 11.1 Å². The van der Waals surface area contributed by atoms with E-state index in [2.05, 4.69) is 24.4 Å². The average molecular weight is 272 g/mol. The monoisotopic (exact) mass is 272 g/mol. The molecule has 2 bridgehead atoms. The second-order valence-electron chi connectivity index (χ2n) is 6.32. The number of rotatable bonds is 4. The molecule has 108 valence electrons. The molecule has 0 radical (unpaired) electrons. The molecule has 3 heteroatoms. The average Bonchev–Trinajstić information content (AvgIpc) is 3.06. The lowest BCUT2D eigenvalue weighted by molar-refractivity contribution is -0.127. The Morgan fingerprint density at radius 2 is 2.00 bits per heavy atom. The predicted molar refractivity (Wildman–Crippen MR) is 79.9 cm³/mol. The molecule has 3 rings (SSSR count). The lowest BCUT2D eigenvalue weighted by Crippen LogP contribution is -2.46. The smallest absolute Gasteiger partial charge is 0.225 e. The van der Waals surface area contributed by atoms with Crippen molar-refractivity contribution in [2.24, 2.45) is 23.5 Å². The van der Waals surface area contributed by atoms with Gasteiger partial charge in [0.25, 0.3) is 0 Å². The first-order valence-corrected chi connectivity index (χ1v) is 7.81. The van der Waals surface area contributed by atoms with E-state index in [1.165, 1.54) is 18.4 Å². The van der Waals surface area contributed by atoms with Gasteiger partial charge in [-0.2, -0.15) is 0 Å². The summed E-state index contributed by atoms with van der Waals surface area (Å²) < 4.78 is 0. The minimum Gasteiger partial charge on any atom is -0.349 e. The standard InChI is InChI=1S/C17H24N2O/c1-2-14(11-6-4-3-5-7-11)19-17(20)15-12-8-9-13(10-12)16(15)18/h3-7,12-16H,2,8-10,18H2,1H3,(H,19,20). The summed E-state index contributed by atoms with van der Waals surface area (Å²) in [7, 11) is 0. The van der Waals surface area contributed by atoms with Gasteiger partial charge in [0.1, 0.15) is 0 Å². The van der Waals surface area contributed by atoms with Crippen LogP contribution in [-0.2, 0) is 4.79 Å². The lowest BCUT2D eigenvalue weighted by Gasteiger charge is -2.29. The van der Waals surface area contributed by atoms with E-state index in [0.29, 0.717) is 11.8 Å². The molecule has 1 aromatic rings. The molecule has 5 atom stereocenters. The molecule has 5 unspecified atom stereocenters. The number of hydrogen-bond acceptors (Lipinski definition) is 2. The number of carbonyl (C=O) groups excluding carboxylic acids is 1. The van der Waals surface area contributed by atoms with Crippen molar-refractivity contribution < 1.29 is 4.79 Å². The molecule has 2 aliphatic rings. The molecular formula is C17H24N2O. The summed E-state index contributed by atoms with van der Waals surface area (Å²) >= 11 is 0. The van der Waals surface area contributed by atoms with Gasteiger partial charge >= 0.3 is 0 Å². The molecule has 0 spiro atoms. The van der Waals surface area contributed by atoms with E-state index in [1.54, 1.807) is 0 Å². The molecule has 1 aromatic carbocycles. The molecule has 2 aliphatic carbocycles. The van der Waals surface area contributed by atoms with Crippen LogP contribution in [0.4, 0.5) is 0 Å². The number of nitrogens with one attached hydrogen (secondary N) is 1. The summed E-state index contributed by atoms with van der Waals surface area (Å²) in [5.41, 5.74) is 7.44. The van der Waals surface area contributed by atoms with Crippen LogP contribution >= 0.6 is 0 Å². The highest BCUT2D eigenvalue weighted by atomic mass is 16.2. The van der Waals surface area contributed by atoms with Gasteiger partial charge in [0.05, 0.1) is 12.0 Å². The van der Waals surface area contributed by atoms with Crippen LogP contribution in [-0.4, -0.2) is 11.9 Å². The molecule has 0 saturated heterocycles. The van der Waals surface area contributed by atoms with Crippen LogP contribution in [0.3, 0.4) is 0 Å². The van der Waals surface area contributed by atoms with Gasteiger partial charge in [-0.05, 0) is 43.1 Å². The molecule has 3 nitrogen and oxygen atoms in total. The number of fused-ring (bicyclic) bond motifs is 2. The highest BCUT2D eigenvalue weighted by Crippen LogP contribution is 2.47. The third-order valence-corrected chi connectivity index (χ3v) is 5.21. The largest absolute Gasteiger partial charge is 0.349 e. The van der Waals surface area contributed by atoms with Crippen LogP contribution in [0.2, 0.25) is 0 Å². The second-order valence-corrected chi connectivity index (χ2v) is 6.32. The second kappa shape index (κ2) is 5.57. The van der Waals surface area contributed by atoms with Gasteiger partial charge < -0.3 is 11.1 Å². The fourth-order valence-electron chi connectivity index (χ4n) is 4.10. The number of carbonyl (C=O) groups is 1. The van der Waals surface area contributed by atoms with Crippen LogP contribution in [0.25, 0.3) is 0 Å². The normalized spacial score (nSPS) is 33.1. The van der Waals surface area contributed by atoms with Crippen molar-refractivity contribution in [1.82, 2.24) is 5.32 Å². The number of nitrogens with two attached hydrogens (primary N) is 1. The van der Waals surface area contributed by atoms with Crippen molar-refractivity contribution in [2.45, 2.75) is 44.7 Å².